The fraction of sp³-hybridized carbons (Fsp3) is 0.429. The van der Waals surface area contributed by atoms with E-state index < -0.39 is 5.91 Å². The van der Waals surface area contributed by atoms with Crippen LogP contribution in [0.15, 0.2) is 48.5 Å². The largest absolute Gasteiger partial charge is 0.493 e. The Kier molecular flexibility index (Phi) is 9.14. The van der Waals surface area contributed by atoms with Gasteiger partial charge >= 0.3 is 0 Å². The van der Waals surface area contributed by atoms with Gasteiger partial charge in [0, 0.05) is 18.7 Å². The number of nitrogens with two attached hydrogens (primary N) is 1. The topological polar surface area (TPSA) is 81.9 Å². The van der Waals surface area contributed by atoms with Crippen molar-refractivity contribution >= 4 is 17.9 Å². The second kappa shape index (κ2) is 12.3. The average molecular weight is 465 g/mol. The highest BCUT2D eigenvalue weighted by Crippen LogP contribution is 2.30. The van der Waals surface area contributed by atoms with Gasteiger partial charge in [-0.3, -0.25) is 9.59 Å². The zero-order valence-corrected chi connectivity index (χ0v) is 20.5. The molecule has 0 unspecified atom stereocenters. The van der Waals surface area contributed by atoms with Crippen LogP contribution in [-0.4, -0.2) is 36.5 Å². The van der Waals surface area contributed by atoms with Gasteiger partial charge in [0.05, 0.1) is 7.11 Å². The van der Waals surface area contributed by atoms with Crippen molar-refractivity contribution in [3.8, 4) is 11.5 Å². The molecule has 1 aliphatic rings. The molecule has 0 spiro atoms. The maximum Gasteiger partial charge on any atom is 0.255 e. The van der Waals surface area contributed by atoms with Crippen LogP contribution in [0.2, 0.25) is 0 Å². The van der Waals surface area contributed by atoms with Crippen molar-refractivity contribution in [2.24, 2.45) is 5.73 Å². The van der Waals surface area contributed by atoms with E-state index in [1.807, 2.05) is 23.1 Å². The van der Waals surface area contributed by atoms with E-state index in [1.54, 1.807) is 19.3 Å². The van der Waals surface area contributed by atoms with Crippen molar-refractivity contribution in [2.45, 2.75) is 64.5 Å². The predicted octanol–water partition coefficient (Wildman–Crippen LogP) is 5.06. The summed E-state index contributed by atoms with van der Waals surface area (Å²) in [6, 6.07) is 14.1. The lowest BCUT2D eigenvalue weighted by Crippen LogP contribution is -2.40. The van der Waals surface area contributed by atoms with Gasteiger partial charge in [0.15, 0.2) is 18.1 Å². The van der Waals surface area contributed by atoms with Gasteiger partial charge in [-0.25, -0.2) is 0 Å². The zero-order chi connectivity index (χ0) is 24.5. The average Bonchev–Trinajstić information content (AvgIpc) is 2.85. The number of amides is 2. The SMILES string of the molecule is COc1cc(CN(C(=O)C=Cc2ccc(C(C)C)cc2)C2CCCCC2)ccc1OCC(N)=O. The van der Waals surface area contributed by atoms with Gasteiger partial charge < -0.3 is 20.1 Å². The van der Waals surface area contributed by atoms with Crippen molar-refractivity contribution in [3.05, 3.63) is 65.2 Å². The van der Waals surface area contributed by atoms with Crippen molar-refractivity contribution < 1.29 is 19.1 Å². The standard InChI is InChI=1S/C28H36N2O4/c1-20(2)23-13-9-21(10-14-23)12-16-28(32)30(24-7-5-4-6-8-24)18-22-11-15-25(26(17-22)33-3)34-19-27(29)31/h9-17,20,24H,4-8,18-19H2,1-3H3,(H2,29,31). The second-order valence-electron chi connectivity index (χ2n) is 9.15. The lowest BCUT2D eigenvalue weighted by Gasteiger charge is -2.34. The van der Waals surface area contributed by atoms with Crippen LogP contribution in [0.3, 0.4) is 0 Å². The lowest BCUT2D eigenvalue weighted by molar-refractivity contribution is -0.129. The van der Waals surface area contributed by atoms with Crippen LogP contribution in [0.4, 0.5) is 0 Å². The van der Waals surface area contributed by atoms with E-state index in [9.17, 15) is 9.59 Å². The fourth-order valence-corrected chi connectivity index (χ4v) is 4.31. The number of nitrogens with zero attached hydrogens (tertiary/aromatic N) is 1. The summed E-state index contributed by atoms with van der Waals surface area (Å²) in [6.07, 6.45) is 9.09. The van der Waals surface area contributed by atoms with Gasteiger partial charge in [-0.05, 0) is 53.7 Å². The number of methoxy groups -OCH3 is 1. The third kappa shape index (κ3) is 7.11. The van der Waals surface area contributed by atoms with Crippen molar-refractivity contribution in [2.75, 3.05) is 13.7 Å². The van der Waals surface area contributed by atoms with Crippen molar-refractivity contribution in [1.29, 1.82) is 0 Å². The Labute approximate surface area is 202 Å². The van der Waals surface area contributed by atoms with Gasteiger partial charge in [0.25, 0.3) is 5.91 Å². The first-order valence-electron chi connectivity index (χ1n) is 12.0. The summed E-state index contributed by atoms with van der Waals surface area (Å²) in [4.78, 5) is 26.3. The number of carbonyl (C=O) groups is 2. The number of carbonyl (C=O) groups excluding carboxylic acids is 2. The molecule has 6 heteroatoms. The molecule has 0 saturated heterocycles. The molecule has 0 heterocycles. The molecule has 3 rings (SSSR count). The molecule has 0 aliphatic heterocycles. The van der Waals surface area contributed by atoms with E-state index in [0.29, 0.717) is 24.0 Å². The molecule has 2 aromatic carbocycles. The molecule has 2 amide bonds. The van der Waals surface area contributed by atoms with Gasteiger partial charge in [0.1, 0.15) is 0 Å². The van der Waals surface area contributed by atoms with E-state index >= 15 is 0 Å². The highest BCUT2D eigenvalue weighted by Gasteiger charge is 2.24. The van der Waals surface area contributed by atoms with Gasteiger partial charge in [-0.1, -0.05) is 63.4 Å². The smallest absolute Gasteiger partial charge is 0.255 e. The summed E-state index contributed by atoms with van der Waals surface area (Å²) >= 11 is 0. The van der Waals surface area contributed by atoms with Crippen LogP contribution < -0.4 is 15.2 Å². The molecular formula is C28H36N2O4. The van der Waals surface area contributed by atoms with Gasteiger partial charge in [-0.2, -0.15) is 0 Å². The van der Waals surface area contributed by atoms with Crippen molar-refractivity contribution in [1.82, 2.24) is 4.90 Å². The van der Waals surface area contributed by atoms with E-state index in [1.165, 1.54) is 12.0 Å². The summed E-state index contributed by atoms with van der Waals surface area (Å²) in [5.41, 5.74) is 8.42. The second-order valence-corrected chi connectivity index (χ2v) is 9.15. The van der Waals surface area contributed by atoms with E-state index in [2.05, 4.69) is 38.1 Å². The van der Waals surface area contributed by atoms with Crippen LogP contribution in [-0.2, 0) is 16.1 Å². The molecular weight excluding hydrogens is 428 g/mol. The number of ether oxygens (including phenoxy) is 2. The van der Waals surface area contributed by atoms with Gasteiger partial charge in [0.2, 0.25) is 5.91 Å². The van der Waals surface area contributed by atoms with Gasteiger partial charge in [-0.15, -0.1) is 0 Å². The maximum atomic E-state index is 13.3. The van der Waals surface area contributed by atoms with E-state index in [-0.39, 0.29) is 18.6 Å². The minimum Gasteiger partial charge on any atom is -0.493 e. The molecule has 0 aromatic heterocycles. The molecule has 1 aliphatic carbocycles. The first kappa shape index (κ1) is 25.3. The molecule has 34 heavy (non-hydrogen) atoms. The first-order chi connectivity index (χ1) is 16.4. The third-order valence-electron chi connectivity index (χ3n) is 6.27. The molecule has 2 N–H and O–H groups in total. The summed E-state index contributed by atoms with van der Waals surface area (Å²) < 4.78 is 10.9. The van der Waals surface area contributed by atoms with Crippen LogP contribution in [0.5, 0.6) is 11.5 Å². The fourth-order valence-electron chi connectivity index (χ4n) is 4.31. The summed E-state index contributed by atoms with van der Waals surface area (Å²) in [6.45, 7) is 4.60. The zero-order valence-electron chi connectivity index (χ0n) is 20.5. The highest BCUT2D eigenvalue weighted by molar-refractivity contribution is 5.92. The molecule has 1 fully saturated rings. The maximum absolute atomic E-state index is 13.3. The minimum absolute atomic E-state index is 0.00728. The molecule has 0 atom stereocenters. The van der Waals surface area contributed by atoms with Crippen LogP contribution in [0.25, 0.3) is 6.08 Å². The Hall–Kier alpha value is -3.28. The molecule has 2 aromatic rings. The first-order valence-corrected chi connectivity index (χ1v) is 12.0. The molecule has 6 nitrogen and oxygen atoms in total. The quantitative estimate of drug-likeness (QED) is 0.499. The monoisotopic (exact) mass is 464 g/mol. The van der Waals surface area contributed by atoms with Crippen molar-refractivity contribution in [3.63, 3.8) is 0 Å². The molecule has 0 radical (unpaired) electrons. The predicted molar refractivity (Wildman–Crippen MR) is 135 cm³/mol. The number of hydrogen-bond donors (Lipinski definition) is 1. The number of hydrogen-bond acceptors (Lipinski definition) is 4. The number of rotatable bonds is 10. The highest BCUT2D eigenvalue weighted by atomic mass is 16.5. The van der Waals surface area contributed by atoms with Crippen LogP contribution in [0, 0.1) is 0 Å². The lowest BCUT2D eigenvalue weighted by atomic mass is 9.93. The number of primary amides is 1. The molecule has 182 valence electrons. The number of benzene rings is 2. The normalized spacial score (nSPS) is 14.4. The summed E-state index contributed by atoms with van der Waals surface area (Å²) in [7, 11) is 1.55. The van der Waals surface area contributed by atoms with E-state index in [0.717, 1.165) is 36.8 Å². The third-order valence-corrected chi connectivity index (χ3v) is 6.27. The Morgan fingerprint density at radius 3 is 2.38 bits per heavy atom. The van der Waals surface area contributed by atoms with E-state index in [4.69, 9.17) is 15.2 Å². The Balaban J connectivity index is 1.77. The minimum atomic E-state index is -0.550. The molecule has 1 saturated carbocycles. The Bertz CT molecular complexity index is 992. The Morgan fingerprint density at radius 2 is 1.76 bits per heavy atom. The van der Waals surface area contributed by atoms with Crippen LogP contribution in [0.1, 0.15) is 68.6 Å². The Morgan fingerprint density at radius 1 is 1.06 bits per heavy atom. The molecule has 0 bridgehead atoms. The van der Waals surface area contributed by atoms with Crippen LogP contribution >= 0.6 is 0 Å². The summed E-state index contributed by atoms with van der Waals surface area (Å²) in [5.74, 6) is 0.894. The summed E-state index contributed by atoms with van der Waals surface area (Å²) in [5, 5.41) is 0.